The van der Waals surface area contributed by atoms with E-state index in [0.29, 0.717) is 5.92 Å². The number of hydrogen-bond acceptors (Lipinski definition) is 2. The van der Waals surface area contributed by atoms with Crippen molar-refractivity contribution in [1.82, 2.24) is 0 Å². The summed E-state index contributed by atoms with van der Waals surface area (Å²) in [6.07, 6.45) is 0. The van der Waals surface area contributed by atoms with Crippen molar-refractivity contribution >= 4 is 0 Å². The fraction of sp³-hybridized carbons (Fsp3) is 0.294. The van der Waals surface area contributed by atoms with Crippen molar-refractivity contribution in [3.05, 3.63) is 53.6 Å². The average molecular weight is 256 g/mol. The summed E-state index contributed by atoms with van der Waals surface area (Å²) in [7, 11) is 1.66. The van der Waals surface area contributed by atoms with E-state index in [9.17, 15) is 0 Å². The summed E-state index contributed by atoms with van der Waals surface area (Å²) < 4.78 is 11.1. The first kappa shape index (κ1) is 13.5. The lowest BCUT2D eigenvalue weighted by Gasteiger charge is -2.12. The monoisotopic (exact) mass is 256 g/mol. The molecule has 0 amide bonds. The van der Waals surface area contributed by atoms with Gasteiger partial charge in [-0.2, -0.15) is 0 Å². The van der Waals surface area contributed by atoms with Gasteiger partial charge in [0.25, 0.3) is 0 Å². The van der Waals surface area contributed by atoms with Gasteiger partial charge in [-0.15, -0.1) is 0 Å². The third kappa shape index (κ3) is 3.28. The van der Waals surface area contributed by atoms with Gasteiger partial charge in [0.05, 0.1) is 7.11 Å². The minimum Gasteiger partial charge on any atom is -0.497 e. The first-order valence-corrected chi connectivity index (χ1v) is 6.52. The normalized spacial score (nSPS) is 10.6. The van der Waals surface area contributed by atoms with Crippen LogP contribution >= 0.6 is 0 Å². The maximum Gasteiger partial charge on any atom is 0.130 e. The molecule has 0 N–H and O–H groups in total. The second-order valence-electron chi connectivity index (χ2n) is 4.96. The standard InChI is InChI=1S/C17H20O2/c1-12(2)14-6-5-13(3)17(11-14)19-16-9-7-15(18-4)8-10-16/h5-12H,1-4H3. The van der Waals surface area contributed by atoms with Crippen molar-refractivity contribution in [3.63, 3.8) is 0 Å². The van der Waals surface area contributed by atoms with Crippen LogP contribution in [-0.4, -0.2) is 7.11 Å². The van der Waals surface area contributed by atoms with Gasteiger partial charge in [-0.05, 0) is 54.3 Å². The second kappa shape index (κ2) is 5.79. The Morgan fingerprint density at radius 3 is 2.11 bits per heavy atom. The molecule has 2 heteroatoms. The molecule has 19 heavy (non-hydrogen) atoms. The predicted molar refractivity (Wildman–Crippen MR) is 78.3 cm³/mol. The Balaban J connectivity index is 2.23. The minimum absolute atomic E-state index is 0.499. The molecule has 2 nitrogen and oxygen atoms in total. The molecule has 0 spiro atoms. The molecular formula is C17H20O2. The number of rotatable bonds is 4. The van der Waals surface area contributed by atoms with Crippen LogP contribution in [-0.2, 0) is 0 Å². The van der Waals surface area contributed by atoms with Crippen molar-refractivity contribution in [2.24, 2.45) is 0 Å². The van der Waals surface area contributed by atoms with Crippen LogP contribution in [0.15, 0.2) is 42.5 Å². The zero-order valence-corrected chi connectivity index (χ0v) is 11.9. The van der Waals surface area contributed by atoms with E-state index in [1.807, 2.05) is 24.3 Å². The van der Waals surface area contributed by atoms with Gasteiger partial charge in [-0.25, -0.2) is 0 Å². The van der Waals surface area contributed by atoms with Crippen LogP contribution in [0, 0.1) is 6.92 Å². The van der Waals surface area contributed by atoms with Gasteiger partial charge in [0.1, 0.15) is 17.2 Å². The first-order chi connectivity index (χ1) is 9.10. The second-order valence-corrected chi connectivity index (χ2v) is 4.96. The molecule has 0 aliphatic carbocycles. The van der Waals surface area contributed by atoms with E-state index in [2.05, 4.69) is 39.0 Å². The maximum absolute atomic E-state index is 5.94. The van der Waals surface area contributed by atoms with Gasteiger partial charge < -0.3 is 9.47 Å². The van der Waals surface area contributed by atoms with Crippen LogP contribution in [0.3, 0.4) is 0 Å². The summed E-state index contributed by atoms with van der Waals surface area (Å²) in [5.41, 5.74) is 2.43. The SMILES string of the molecule is COc1ccc(Oc2cc(C(C)C)ccc2C)cc1. The van der Waals surface area contributed by atoms with Gasteiger partial charge in [0, 0.05) is 0 Å². The summed E-state index contributed by atoms with van der Waals surface area (Å²) >= 11 is 0. The molecule has 2 rings (SSSR count). The molecule has 0 aliphatic heterocycles. The number of ether oxygens (including phenoxy) is 2. The highest BCUT2D eigenvalue weighted by atomic mass is 16.5. The van der Waals surface area contributed by atoms with E-state index in [1.165, 1.54) is 5.56 Å². The van der Waals surface area contributed by atoms with Crippen molar-refractivity contribution in [1.29, 1.82) is 0 Å². The molecule has 0 unspecified atom stereocenters. The topological polar surface area (TPSA) is 18.5 Å². The van der Waals surface area contributed by atoms with Gasteiger partial charge in [0.2, 0.25) is 0 Å². The molecule has 0 fully saturated rings. The Morgan fingerprint density at radius 2 is 1.53 bits per heavy atom. The number of aryl methyl sites for hydroxylation is 1. The van der Waals surface area contributed by atoms with Crippen LogP contribution in [0.2, 0.25) is 0 Å². The fourth-order valence-electron chi connectivity index (χ4n) is 1.86. The molecule has 0 saturated carbocycles. The lowest BCUT2D eigenvalue weighted by molar-refractivity contribution is 0.412. The molecule has 0 bridgehead atoms. The Bertz CT molecular complexity index is 542. The highest BCUT2D eigenvalue weighted by Gasteiger charge is 2.06. The molecule has 0 atom stereocenters. The fourth-order valence-corrected chi connectivity index (χ4v) is 1.86. The highest BCUT2D eigenvalue weighted by Crippen LogP contribution is 2.29. The molecule has 100 valence electrons. The molecule has 0 heterocycles. The van der Waals surface area contributed by atoms with Crippen molar-refractivity contribution < 1.29 is 9.47 Å². The van der Waals surface area contributed by atoms with Gasteiger partial charge in [-0.1, -0.05) is 26.0 Å². The summed E-state index contributed by atoms with van der Waals surface area (Å²) in [6.45, 7) is 6.42. The van der Waals surface area contributed by atoms with Crippen molar-refractivity contribution in [3.8, 4) is 17.2 Å². The van der Waals surface area contributed by atoms with E-state index < -0.39 is 0 Å². The summed E-state index contributed by atoms with van der Waals surface area (Å²) in [5.74, 6) is 3.07. The summed E-state index contributed by atoms with van der Waals surface area (Å²) in [6, 6.07) is 14.0. The molecule has 2 aromatic carbocycles. The van der Waals surface area contributed by atoms with E-state index >= 15 is 0 Å². The predicted octanol–water partition coefficient (Wildman–Crippen LogP) is 4.92. The zero-order chi connectivity index (χ0) is 13.8. The zero-order valence-electron chi connectivity index (χ0n) is 11.9. The average Bonchev–Trinajstić information content (AvgIpc) is 2.42. The maximum atomic E-state index is 5.94. The smallest absolute Gasteiger partial charge is 0.130 e. The Labute approximate surface area is 115 Å². The van der Waals surface area contributed by atoms with Crippen molar-refractivity contribution in [2.45, 2.75) is 26.7 Å². The Kier molecular flexibility index (Phi) is 4.10. The first-order valence-electron chi connectivity index (χ1n) is 6.52. The van der Waals surface area contributed by atoms with Gasteiger partial charge >= 0.3 is 0 Å². The van der Waals surface area contributed by atoms with Crippen LogP contribution in [0.5, 0.6) is 17.2 Å². The summed E-state index contributed by atoms with van der Waals surface area (Å²) in [4.78, 5) is 0. The number of hydrogen-bond donors (Lipinski definition) is 0. The highest BCUT2D eigenvalue weighted by molar-refractivity contribution is 5.42. The molecule has 0 radical (unpaired) electrons. The lowest BCUT2D eigenvalue weighted by Crippen LogP contribution is -1.92. The number of methoxy groups -OCH3 is 1. The number of benzene rings is 2. The van der Waals surface area contributed by atoms with Crippen LogP contribution in [0.25, 0.3) is 0 Å². The van der Waals surface area contributed by atoms with Crippen LogP contribution < -0.4 is 9.47 Å². The van der Waals surface area contributed by atoms with Crippen LogP contribution in [0.1, 0.15) is 30.9 Å². The van der Waals surface area contributed by atoms with E-state index in [0.717, 1.165) is 22.8 Å². The Morgan fingerprint density at radius 1 is 0.895 bits per heavy atom. The van der Waals surface area contributed by atoms with Gasteiger partial charge in [-0.3, -0.25) is 0 Å². The van der Waals surface area contributed by atoms with E-state index in [4.69, 9.17) is 9.47 Å². The van der Waals surface area contributed by atoms with Gasteiger partial charge in [0.15, 0.2) is 0 Å². The quantitative estimate of drug-likeness (QED) is 0.773. The minimum atomic E-state index is 0.499. The van der Waals surface area contributed by atoms with E-state index in [1.54, 1.807) is 7.11 Å². The summed E-state index contributed by atoms with van der Waals surface area (Å²) in [5, 5.41) is 0. The molecule has 2 aromatic rings. The van der Waals surface area contributed by atoms with Crippen LogP contribution in [0.4, 0.5) is 0 Å². The largest absolute Gasteiger partial charge is 0.497 e. The molecule has 0 aliphatic rings. The molecule has 0 aromatic heterocycles. The molecular weight excluding hydrogens is 236 g/mol. The Hall–Kier alpha value is -1.96. The lowest BCUT2D eigenvalue weighted by atomic mass is 10.0. The van der Waals surface area contributed by atoms with Crippen molar-refractivity contribution in [2.75, 3.05) is 7.11 Å². The third-order valence-corrected chi connectivity index (χ3v) is 3.17. The molecule has 0 saturated heterocycles. The van der Waals surface area contributed by atoms with E-state index in [-0.39, 0.29) is 0 Å². The third-order valence-electron chi connectivity index (χ3n) is 3.17.